The van der Waals surface area contributed by atoms with Gasteiger partial charge in [-0.2, -0.15) is 0 Å². The predicted molar refractivity (Wildman–Crippen MR) is 107 cm³/mol. The first-order chi connectivity index (χ1) is 13.4. The van der Waals surface area contributed by atoms with Crippen LogP contribution >= 0.6 is 0 Å². The molecule has 0 aromatic heterocycles. The number of nitrogens with zero attached hydrogens (tertiary/aromatic N) is 1. The lowest BCUT2D eigenvalue weighted by Crippen LogP contribution is -2.53. The summed E-state index contributed by atoms with van der Waals surface area (Å²) in [6, 6.07) is 16.3. The predicted octanol–water partition coefficient (Wildman–Crippen LogP) is 3.75. The van der Waals surface area contributed by atoms with E-state index < -0.39 is 22.5 Å². The Morgan fingerprint density at radius 2 is 1.71 bits per heavy atom. The minimum absolute atomic E-state index is 0.00362. The van der Waals surface area contributed by atoms with Crippen LogP contribution in [0.4, 0.5) is 0 Å². The fourth-order valence-corrected chi connectivity index (χ4v) is 5.68. The van der Waals surface area contributed by atoms with Gasteiger partial charge < -0.3 is 9.84 Å². The van der Waals surface area contributed by atoms with Crippen LogP contribution in [0, 0.1) is 18.8 Å². The Labute approximate surface area is 166 Å². The number of hydrogen-bond donors (Lipinski definition) is 1. The van der Waals surface area contributed by atoms with E-state index in [1.807, 2.05) is 43.3 Å². The third-order valence-corrected chi connectivity index (χ3v) is 7.41. The maximum absolute atomic E-state index is 13.7. The molecule has 0 amide bonds. The van der Waals surface area contributed by atoms with Crippen molar-refractivity contribution in [2.24, 2.45) is 11.8 Å². The van der Waals surface area contributed by atoms with Gasteiger partial charge in [0.2, 0.25) is 0 Å². The van der Waals surface area contributed by atoms with Crippen molar-refractivity contribution in [2.45, 2.75) is 44.1 Å². The second-order valence-electron chi connectivity index (χ2n) is 7.61. The van der Waals surface area contributed by atoms with Crippen molar-refractivity contribution in [3.05, 3.63) is 71.8 Å². The quantitative estimate of drug-likeness (QED) is 0.854. The molecule has 4 atom stereocenters. The summed E-state index contributed by atoms with van der Waals surface area (Å²) in [7, 11) is -3.86. The first kappa shape index (κ1) is 19.2. The van der Waals surface area contributed by atoms with Gasteiger partial charge in [-0.25, -0.2) is 12.7 Å². The van der Waals surface area contributed by atoms with E-state index in [4.69, 9.17) is 4.74 Å². The van der Waals surface area contributed by atoms with Gasteiger partial charge in [-0.1, -0.05) is 61.0 Å². The number of sulfonamides is 1. The molecule has 2 heterocycles. The summed E-state index contributed by atoms with van der Waals surface area (Å²) < 4.78 is 34.5. The van der Waals surface area contributed by atoms with Crippen LogP contribution in [0.15, 0.2) is 65.6 Å². The van der Waals surface area contributed by atoms with Crippen LogP contribution in [0.5, 0.6) is 0 Å². The molecule has 2 aromatic carbocycles. The summed E-state index contributed by atoms with van der Waals surface area (Å²) >= 11 is 0. The molecule has 0 aliphatic carbocycles. The molecule has 148 valence electrons. The number of benzene rings is 2. The molecule has 6 heteroatoms. The summed E-state index contributed by atoms with van der Waals surface area (Å²) in [6.45, 7) is 4.00. The van der Waals surface area contributed by atoms with E-state index in [1.54, 1.807) is 24.3 Å². The molecule has 0 saturated carbocycles. The van der Waals surface area contributed by atoms with E-state index >= 15 is 0 Å². The summed E-state index contributed by atoms with van der Waals surface area (Å²) in [6.07, 6.45) is 1.55. The third-order valence-electron chi connectivity index (χ3n) is 5.62. The van der Waals surface area contributed by atoms with Crippen molar-refractivity contribution in [3.8, 4) is 0 Å². The number of rotatable bonds is 3. The molecule has 5 nitrogen and oxygen atoms in total. The third kappa shape index (κ3) is 3.36. The summed E-state index contributed by atoms with van der Waals surface area (Å²) in [4.78, 5) is 0.219. The molecular weight excluding hydrogens is 374 g/mol. The maximum atomic E-state index is 13.7. The number of hydrogen-bond acceptors (Lipinski definition) is 4. The Kier molecular flexibility index (Phi) is 5.04. The van der Waals surface area contributed by atoms with E-state index in [9.17, 15) is 13.5 Å². The van der Waals surface area contributed by atoms with Crippen molar-refractivity contribution >= 4 is 15.7 Å². The molecule has 0 spiro atoms. The van der Waals surface area contributed by atoms with Crippen LogP contribution in [0.1, 0.15) is 30.9 Å². The number of allylic oxidation sites excluding steroid dienone is 1. The van der Waals surface area contributed by atoms with Gasteiger partial charge in [-0.15, -0.1) is 0 Å². The van der Waals surface area contributed by atoms with E-state index in [0.717, 1.165) is 11.1 Å². The van der Waals surface area contributed by atoms with Crippen LogP contribution in [-0.2, 0) is 14.8 Å². The van der Waals surface area contributed by atoms with E-state index in [0.29, 0.717) is 18.5 Å². The fraction of sp³-hybridized carbons (Fsp3) is 0.364. The summed E-state index contributed by atoms with van der Waals surface area (Å²) in [5.41, 5.74) is 2.41. The smallest absolute Gasteiger partial charge is 0.266 e. The SMILES string of the molecule is Cc1ccc(S(=O)(=O)N2C(c3ccccc3)=C[C@H](C)[C@H]3CCC(O)O[C@H]32)cc1. The average Bonchev–Trinajstić information content (AvgIpc) is 2.68. The van der Waals surface area contributed by atoms with Crippen molar-refractivity contribution in [2.75, 3.05) is 0 Å². The minimum Gasteiger partial charge on any atom is -0.368 e. The van der Waals surface area contributed by atoms with Crippen LogP contribution in [-0.4, -0.2) is 30.3 Å². The molecule has 1 fully saturated rings. The molecule has 0 bridgehead atoms. The molecule has 0 radical (unpaired) electrons. The molecule has 1 unspecified atom stereocenters. The van der Waals surface area contributed by atoms with E-state index in [1.165, 1.54) is 4.31 Å². The lowest BCUT2D eigenvalue weighted by atomic mass is 9.82. The molecule has 28 heavy (non-hydrogen) atoms. The van der Waals surface area contributed by atoms with Gasteiger partial charge in [-0.05, 0) is 43.4 Å². The van der Waals surface area contributed by atoms with Gasteiger partial charge in [0, 0.05) is 5.92 Å². The van der Waals surface area contributed by atoms with Crippen LogP contribution in [0.25, 0.3) is 5.70 Å². The Morgan fingerprint density at radius 1 is 1.04 bits per heavy atom. The van der Waals surface area contributed by atoms with Crippen molar-refractivity contribution in [3.63, 3.8) is 0 Å². The average molecular weight is 400 g/mol. The fourth-order valence-electron chi connectivity index (χ4n) is 4.06. The van der Waals surface area contributed by atoms with Crippen molar-refractivity contribution in [1.82, 2.24) is 4.31 Å². The Balaban J connectivity index is 1.87. The number of fused-ring (bicyclic) bond motifs is 1. The first-order valence-electron chi connectivity index (χ1n) is 9.60. The Morgan fingerprint density at radius 3 is 2.39 bits per heavy atom. The Bertz CT molecular complexity index is 969. The number of aliphatic hydroxyl groups is 1. The van der Waals surface area contributed by atoms with Crippen molar-refractivity contribution in [1.29, 1.82) is 0 Å². The second-order valence-corrected chi connectivity index (χ2v) is 9.43. The zero-order valence-corrected chi connectivity index (χ0v) is 16.8. The van der Waals surface area contributed by atoms with E-state index in [-0.39, 0.29) is 16.7 Å². The molecule has 2 aromatic rings. The van der Waals surface area contributed by atoms with Crippen LogP contribution < -0.4 is 0 Å². The number of ether oxygens (including phenoxy) is 1. The van der Waals surface area contributed by atoms with Gasteiger partial charge in [0.15, 0.2) is 12.5 Å². The van der Waals surface area contributed by atoms with Crippen molar-refractivity contribution < 1.29 is 18.3 Å². The number of aryl methyl sites for hydroxylation is 1. The minimum atomic E-state index is -3.86. The topological polar surface area (TPSA) is 66.8 Å². The molecule has 2 aliphatic heterocycles. The van der Waals surface area contributed by atoms with Gasteiger partial charge in [0.25, 0.3) is 10.0 Å². The lowest BCUT2D eigenvalue weighted by molar-refractivity contribution is -0.212. The molecular formula is C22H25NO4S. The highest BCUT2D eigenvalue weighted by Crippen LogP contribution is 2.44. The molecule has 2 aliphatic rings. The molecule has 1 N–H and O–H groups in total. The highest BCUT2D eigenvalue weighted by atomic mass is 32.2. The standard InChI is InChI=1S/C22H25NO4S/c1-15-8-10-18(11-9-15)28(25,26)23-20(17-6-4-3-5-7-17)14-16(2)19-12-13-21(24)27-22(19)23/h3-11,14,16,19,21-22,24H,12-13H2,1-2H3/t16-,19+,21?,22+/m0/s1. The van der Waals surface area contributed by atoms with Gasteiger partial charge in [-0.3, -0.25) is 0 Å². The van der Waals surface area contributed by atoms with Gasteiger partial charge >= 0.3 is 0 Å². The number of aliphatic hydroxyl groups excluding tert-OH is 1. The van der Waals surface area contributed by atoms with E-state index in [2.05, 4.69) is 6.92 Å². The summed E-state index contributed by atoms with van der Waals surface area (Å²) in [5.74, 6) is 0.133. The highest BCUT2D eigenvalue weighted by Gasteiger charge is 2.46. The van der Waals surface area contributed by atoms with Gasteiger partial charge in [0.1, 0.15) is 0 Å². The molecule has 1 saturated heterocycles. The first-order valence-corrected chi connectivity index (χ1v) is 11.0. The Hall–Kier alpha value is -2.15. The zero-order valence-electron chi connectivity index (χ0n) is 16.0. The normalized spacial score (nSPS) is 27.8. The maximum Gasteiger partial charge on any atom is 0.266 e. The lowest BCUT2D eigenvalue weighted by Gasteiger charge is -2.47. The molecule has 4 rings (SSSR count). The summed E-state index contributed by atoms with van der Waals surface area (Å²) in [5, 5.41) is 10.1. The van der Waals surface area contributed by atoms with Crippen LogP contribution in [0.3, 0.4) is 0 Å². The second kappa shape index (κ2) is 7.35. The highest BCUT2D eigenvalue weighted by molar-refractivity contribution is 7.89. The largest absolute Gasteiger partial charge is 0.368 e. The monoisotopic (exact) mass is 399 g/mol. The van der Waals surface area contributed by atoms with Crippen LogP contribution in [0.2, 0.25) is 0 Å². The van der Waals surface area contributed by atoms with Gasteiger partial charge in [0.05, 0.1) is 10.6 Å². The zero-order chi connectivity index (χ0) is 19.9.